The first-order chi connectivity index (χ1) is 12.6. The van der Waals surface area contributed by atoms with E-state index < -0.39 is 11.4 Å². The normalized spacial score (nSPS) is 15.9. The summed E-state index contributed by atoms with van der Waals surface area (Å²) in [6.45, 7) is 5.81. The molecule has 1 aromatic rings. The molecule has 1 aromatic carbocycles. The van der Waals surface area contributed by atoms with Crippen LogP contribution in [0.1, 0.15) is 68.8 Å². The molecule has 0 bridgehead atoms. The number of benzene rings is 1. The van der Waals surface area contributed by atoms with Gasteiger partial charge in [-0.1, -0.05) is 25.0 Å². The summed E-state index contributed by atoms with van der Waals surface area (Å²) in [7, 11) is 1.32. The first kappa shape index (κ1) is 20.9. The van der Waals surface area contributed by atoms with Gasteiger partial charge in [0.05, 0.1) is 18.1 Å². The number of carbonyl (C=O) groups is 3. The minimum absolute atomic E-state index is 0.0618. The third kappa shape index (κ3) is 5.81. The van der Waals surface area contributed by atoms with Gasteiger partial charge in [0.25, 0.3) is 0 Å². The highest BCUT2D eigenvalue weighted by Gasteiger charge is 2.44. The van der Waals surface area contributed by atoms with E-state index in [-0.39, 0.29) is 30.4 Å². The van der Waals surface area contributed by atoms with Crippen LogP contribution in [-0.4, -0.2) is 30.5 Å². The van der Waals surface area contributed by atoms with E-state index >= 15 is 0 Å². The molecule has 0 aromatic heterocycles. The summed E-state index contributed by atoms with van der Waals surface area (Å²) in [6, 6.07) is 6.80. The number of hydrogen-bond donors (Lipinski definition) is 1. The van der Waals surface area contributed by atoms with E-state index in [4.69, 9.17) is 9.47 Å². The summed E-state index contributed by atoms with van der Waals surface area (Å²) >= 11 is 0. The third-order valence-electron chi connectivity index (χ3n) is 4.73. The second-order valence-electron chi connectivity index (χ2n) is 8.23. The van der Waals surface area contributed by atoms with E-state index in [1.807, 2.05) is 20.8 Å². The van der Waals surface area contributed by atoms with Crippen LogP contribution in [0, 0.1) is 5.41 Å². The van der Waals surface area contributed by atoms with Crippen LogP contribution in [0.15, 0.2) is 24.3 Å². The van der Waals surface area contributed by atoms with Crippen molar-refractivity contribution in [1.29, 1.82) is 0 Å². The van der Waals surface area contributed by atoms with E-state index in [1.165, 1.54) is 7.11 Å². The molecule has 1 saturated carbocycles. The predicted molar refractivity (Wildman–Crippen MR) is 101 cm³/mol. The number of methoxy groups -OCH3 is 1. The Labute approximate surface area is 160 Å². The van der Waals surface area contributed by atoms with Gasteiger partial charge in [-0.3, -0.25) is 9.59 Å². The highest BCUT2D eigenvalue weighted by molar-refractivity contribution is 5.89. The number of rotatable bonds is 6. The van der Waals surface area contributed by atoms with E-state index in [2.05, 4.69) is 5.32 Å². The molecule has 1 aliphatic rings. The Bertz CT molecular complexity index is 699. The van der Waals surface area contributed by atoms with Crippen molar-refractivity contribution in [3.63, 3.8) is 0 Å². The molecular formula is C21H29NO5. The van der Waals surface area contributed by atoms with Gasteiger partial charge in [-0.05, 0) is 51.3 Å². The average molecular weight is 375 g/mol. The molecule has 148 valence electrons. The van der Waals surface area contributed by atoms with Crippen molar-refractivity contribution >= 4 is 17.8 Å². The maximum atomic E-state index is 12.8. The Morgan fingerprint density at radius 3 is 2.41 bits per heavy atom. The lowest BCUT2D eigenvalue weighted by Gasteiger charge is -2.28. The number of ether oxygens (including phenoxy) is 2. The van der Waals surface area contributed by atoms with Crippen LogP contribution >= 0.6 is 0 Å². The number of amides is 1. The van der Waals surface area contributed by atoms with Gasteiger partial charge in [0, 0.05) is 12.0 Å². The quantitative estimate of drug-likeness (QED) is 0.771. The van der Waals surface area contributed by atoms with Gasteiger partial charge >= 0.3 is 11.9 Å². The van der Waals surface area contributed by atoms with E-state index in [0.29, 0.717) is 24.0 Å². The zero-order chi connectivity index (χ0) is 20.1. The maximum Gasteiger partial charge on any atom is 0.337 e. The Balaban J connectivity index is 2.03. The molecular weight excluding hydrogens is 346 g/mol. The Kier molecular flexibility index (Phi) is 6.63. The van der Waals surface area contributed by atoms with Crippen LogP contribution in [0.4, 0.5) is 0 Å². The van der Waals surface area contributed by atoms with Crippen LogP contribution < -0.4 is 5.32 Å². The first-order valence-corrected chi connectivity index (χ1v) is 9.31. The molecule has 0 unspecified atom stereocenters. The van der Waals surface area contributed by atoms with Gasteiger partial charge in [0.1, 0.15) is 6.61 Å². The van der Waals surface area contributed by atoms with Crippen LogP contribution in [0.5, 0.6) is 0 Å². The second-order valence-corrected chi connectivity index (χ2v) is 8.23. The van der Waals surface area contributed by atoms with Crippen molar-refractivity contribution in [3.05, 3.63) is 35.4 Å². The Hall–Kier alpha value is -2.37. The zero-order valence-corrected chi connectivity index (χ0v) is 16.6. The van der Waals surface area contributed by atoms with Crippen molar-refractivity contribution in [2.45, 2.75) is 65.0 Å². The molecule has 6 heteroatoms. The fourth-order valence-corrected chi connectivity index (χ4v) is 3.48. The van der Waals surface area contributed by atoms with Gasteiger partial charge in [-0.2, -0.15) is 0 Å². The molecule has 6 nitrogen and oxygen atoms in total. The number of hydrogen-bond acceptors (Lipinski definition) is 5. The molecule has 0 spiro atoms. The summed E-state index contributed by atoms with van der Waals surface area (Å²) < 4.78 is 10.3. The van der Waals surface area contributed by atoms with Crippen LogP contribution in [0.3, 0.4) is 0 Å². The number of nitrogens with one attached hydrogen (secondary N) is 1. The molecule has 1 aliphatic carbocycles. The SMILES string of the molecule is COC(=O)c1cccc(COC(=O)C2(CC(=O)NC(C)(C)C)CCCC2)c1. The van der Waals surface area contributed by atoms with E-state index in [0.717, 1.165) is 12.8 Å². The third-order valence-corrected chi connectivity index (χ3v) is 4.73. The van der Waals surface area contributed by atoms with Crippen molar-refractivity contribution in [2.24, 2.45) is 5.41 Å². The van der Waals surface area contributed by atoms with Gasteiger partial charge in [0.15, 0.2) is 0 Å². The van der Waals surface area contributed by atoms with Crippen molar-refractivity contribution in [1.82, 2.24) is 5.32 Å². The average Bonchev–Trinajstić information content (AvgIpc) is 3.07. The largest absolute Gasteiger partial charge is 0.465 e. The smallest absolute Gasteiger partial charge is 0.337 e. The predicted octanol–water partition coefficient (Wildman–Crippen LogP) is 3.38. The molecule has 0 saturated heterocycles. The molecule has 0 atom stereocenters. The summed E-state index contributed by atoms with van der Waals surface area (Å²) in [6.07, 6.45) is 3.29. The highest BCUT2D eigenvalue weighted by Crippen LogP contribution is 2.42. The van der Waals surface area contributed by atoms with Crippen molar-refractivity contribution in [2.75, 3.05) is 7.11 Å². The lowest BCUT2D eigenvalue weighted by Crippen LogP contribution is -2.44. The van der Waals surface area contributed by atoms with Crippen LogP contribution in [-0.2, 0) is 25.7 Å². The fourth-order valence-electron chi connectivity index (χ4n) is 3.48. The Morgan fingerprint density at radius 1 is 1.15 bits per heavy atom. The maximum absolute atomic E-state index is 12.8. The minimum Gasteiger partial charge on any atom is -0.465 e. The van der Waals surface area contributed by atoms with Gasteiger partial charge < -0.3 is 14.8 Å². The summed E-state index contributed by atoms with van der Waals surface area (Å²) in [5.74, 6) is -0.907. The minimum atomic E-state index is -0.755. The molecule has 0 radical (unpaired) electrons. The van der Waals surface area contributed by atoms with Gasteiger partial charge in [-0.15, -0.1) is 0 Å². The molecule has 27 heavy (non-hydrogen) atoms. The topological polar surface area (TPSA) is 81.7 Å². The highest BCUT2D eigenvalue weighted by atomic mass is 16.5. The second kappa shape index (κ2) is 8.55. The van der Waals surface area contributed by atoms with Crippen LogP contribution in [0.25, 0.3) is 0 Å². The van der Waals surface area contributed by atoms with Gasteiger partial charge in [0.2, 0.25) is 5.91 Å². The van der Waals surface area contributed by atoms with E-state index in [1.54, 1.807) is 24.3 Å². The fraction of sp³-hybridized carbons (Fsp3) is 0.571. The Morgan fingerprint density at radius 2 is 1.81 bits per heavy atom. The molecule has 2 rings (SSSR count). The van der Waals surface area contributed by atoms with Crippen molar-refractivity contribution in [3.8, 4) is 0 Å². The van der Waals surface area contributed by atoms with Crippen molar-refractivity contribution < 1.29 is 23.9 Å². The molecule has 1 N–H and O–H groups in total. The van der Waals surface area contributed by atoms with Gasteiger partial charge in [-0.25, -0.2) is 4.79 Å². The monoisotopic (exact) mass is 375 g/mol. The molecule has 0 aliphatic heterocycles. The first-order valence-electron chi connectivity index (χ1n) is 9.31. The van der Waals surface area contributed by atoms with Crippen LogP contribution in [0.2, 0.25) is 0 Å². The number of esters is 2. The summed E-state index contributed by atoms with van der Waals surface area (Å²) in [4.78, 5) is 36.8. The number of carbonyl (C=O) groups excluding carboxylic acids is 3. The lowest BCUT2D eigenvalue weighted by atomic mass is 9.82. The van der Waals surface area contributed by atoms with E-state index in [9.17, 15) is 14.4 Å². The zero-order valence-electron chi connectivity index (χ0n) is 16.6. The molecule has 1 amide bonds. The molecule has 0 heterocycles. The lowest BCUT2D eigenvalue weighted by molar-refractivity contribution is -0.159. The standard InChI is InChI=1S/C21H29NO5/c1-20(2,3)22-17(23)13-21(10-5-6-11-21)19(25)27-14-15-8-7-9-16(12-15)18(24)26-4/h7-9,12H,5-6,10-11,13-14H2,1-4H3,(H,22,23). The summed E-state index contributed by atoms with van der Waals surface area (Å²) in [5, 5.41) is 2.93. The summed E-state index contributed by atoms with van der Waals surface area (Å²) in [5.41, 5.74) is 0.0226. The molecule has 1 fully saturated rings.